The van der Waals surface area contributed by atoms with Crippen LogP contribution in [0.25, 0.3) is 0 Å². The summed E-state index contributed by atoms with van der Waals surface area (Å²) in [5, 5.41) is 34.5. The minimum Gasteiger partial charge on any atom is -0.556 e. The molecule has 9 heteroatoms. The molecule has 1 atom stereocenters. The summed E-state index contributed by atoms with van der Waals surface area (Å²) in [7, 11) is 0. The molecule has 2 amide bonds. The predicted molar refractivity (Wildman–Crippen MR) is 102 cm³/mol. The Morgan fingerprint density at radius 1 is 1.19 bits per heavy atom. The van der Waals surface area contributed by atoms with E-state index in [9.17, 15) is 24.7 Å². The van der Waals surface area contributed by atoms with E-state index >= 15 is 0 Å². The number of benzene rings is 1. The highest BCUT2D eigenvalue weighted by Gasteiger charge is 2.48. The summed E-state index contributed by atoms with van der Waals surface area (Å²) in [5.74, 6) is -0.744. The van der Waals surface area contributed by atoms with Crippen LogP contribution < -0.4 is 16.1 Å². The van der Waals surface area contributed by atoms with Crippen molar-refractivity contribution in [2.45, 2.75) is 47.3 Å². The molecule has 1 heterocycles. The molecule has 1 unspecified atom stereocenters. The molecule has 0 aromatic heterocycles. The van der Waals surface area contributed by atoms with Crippen molar-refractivity contribution in [2.24, 2.45) is 10.8 Å². The summed E-state index contributed by atoms with van der Waals surface area (Å²) in [5.41, 5.74) is -0.888. The molecule has 5 N–H and O–H groups in total. The molecule has 0 bridgehead atoms. The summed E-state index contributed by atoms with van der Waals surface area (Å²) in [6.07, 6.45) is -0.686. The number of anilines is 1. The number of hydrogen-bond donors (Lipinski definition) is 5. The van der Waals surface area contributed by atoms with Gasteiger partial charge < -0.3 is 30.4 Å². The number of hydrogen-bond acceptors (Lipinski definition) is 6. The first-order valence-corrected chi connectivity index (χ1v) is 8.93. The van der Waals surface area contributed by atoms with Crippen LogP contribution in [0, 0.1) is 10.8 Å². The topological polar surface area (TPSA) is 128 Å². The quantitative estimate of drug-likeness (QED) is 0.437. The Morgan fingerprint density at radius 2 is 1.78 bits per heavy atom. The van der Waals surface area contributed by atoms with Gasteiger partial charge in [0.2, 0.25) is 11.8 Å². The van der Waals surface area contributed by atoms with E-state index in [4.69, 9.17) is 4.65 Å². The molecule has 0 radical (unpaired) electrons. The van der Waals surface area contributed by atoms with Crippen molar-refractivity contribution in [3.8, 4) is 0 Å². The zero-order valence-corrected chi connectivity index (χ0v) is 16.4. The fourth-order valence-corrected chi connectivity index (χ4v) is 2.77. The highest BCUT2D eigenvalue weighted by molar-refractivity contribution is 6.74. The van der Waals surface area contributed by atoms with Gasteiger partial charge in [-0.25, -0.2) is 0 Å². The molecule has 0 spiro atoms. The summed E-state index contributed by atoms with van der Waals surface area (Å²) in [6, 6.07) is 4.78. The van der Waals surface area contributed by atoms with Gasteiger partial charge in [-0.05, 0) is 26.8 Å². The van der Waals surface area contributed by atoms with E-state index in [1.165, 1.54) is 6.07 Å². The van der Waals surface area contributed by atoms with Gasteiger partial charge >= 0.3 is 6.75 Å². The molecule has 2 rings (SSSR count). The van der Waals surface area contributed by atoms with Crippen molar-refractivity contribution in [3.63, 3.8) is 0 Å². The SMILES string of the molecule is CC(O)CNC(=O)C(C)(C)C(C)(C)C(=O)Nc1ccc2c(c1)[B-](O)(O)OC2. The third-order valence-electron chi connectivity index (χ3n) is 5.54. The van der Waals surface area contributed by atoms with Crippen LogP contribution in [0.1, 0.15) is 40.2 Å². The first kappa shape index (κ1) is 21.4. The molecule has 1 aromatic rings. The molecular weight excluding hydrogens is 351 g/mol. The second-order valence-corrected chi connectivity index (χ2v) is 8.19. The summed E-state index contributed by atoms with van der Waals surface area (Å²) in [4.78, 5) is 25.4. The Balaban J connectivity index is 2.18. The Kier molecular flexibility index (Phi) is 5.73. The number of fused-ring (bicyclic) bond motifs is 1. The van der Waals surface area contributed by atoms with Gasteiger partial charge in [0.05, 0.1) is 16.9 Å². The minimum atomic E-state index is -3.07. The van der Waals surface area contributed by atoms with Crippen molar-refractivity contribution in [1.29, 1.82) is 0 Å². The molecule has 0 aliphatic carbocycles. The Labute approximate surface area is 158 Å². The third kappa shape index (κ3) is 4.16. The summed E-state index contributed by atoms with van der Waals surface area (Å²) >= 11 is 0. The van der Waals surface area contributed by atoms with Crippen LogP contribution in [-0.4, -0.2) is 46.4 Å². The maximum atomic E-state index is 12.9. The first-order valence-electron chi connectivity index (χ1n) is 8.93. The average molecular weight is 379 g/mol. The van der Waals surface area contributed by atoms with E-state index in [1.807, 2.05) is 0 Å². The molecular formula is C18H28BN2O6-. The number of carbonyl (C=O) groups is 2. The molecule has 1 aromatic carbocycles. The van der Waals surface area contributed by atoms with Crippen LogP contribution >= 0.6 is 0 Å². The summed E-state index contributed by atoms with van der Waals surface area (Å²) in [6.45, 7) is 5.33. The van der Waals surface area contributed by atoms with Gasteiger partial charge in [0.15, 0.2) is 0 Å². The minimum absolute atomic E-state index is 0.0958. The van der Waals surface area contributed by atoms with Crippen molar-refractivity contribution in [2.75, 3.05) is 11.9 Å². The molecule has 27 heavy (non-hydrogen) atoms. The van der Waals surface area contributed by atoms with Gasteiger partial charge in [-0.2, -0.15) is 0 Å². The van der Waals surface area contributed by atoms with Gasteiger partial charge in [0, 0.05) is 18.8 Å². The van der Waals surface area contributed by atoms with Crippen LogP contribution in [-0.2, 0) is 20.9 Å². The molecule has 0 fully saturated rings. The maximum Gasteiger partial charge on any atom is 0.405 e. The third-order valence-corrected chi connectivity index (χ3v) is 5.54. The van der Waals surface area contributed by atoms with Gasteiger partial charge in [-0.1, -0.05) is 31.5 Å². The standard InChI is InChI=1S/C18H28BN2O6/c1-11(22)9-20-15(23)17(2,3)18(4,5)16(24)21-13-7-6-12-10-27-19(25,26)14(12)8-13/h6-8,11,22,25-26H,9-10H2,1-5H3,(H,20,23)(H,21,24)/q-1. The Hall–Kier alpha value is -1.94. The Bertz CT molecular complexity index is 745. The number of aliphatic hydroxyl groups is 1. The molecule has 0 saturated carbocycles. The van der Waals surface area contributed by atoms with Crippen LogP contribution in [0.2, 0.25) is 0 Å². The fourth-order valence-electron chi connectivity index (χ4n) is 2.77. The Morgan fingerprint density at radius 3 is 2.37 bits per heavy atom. The van der Waals surface area contributed by atoms with Gasteiger partial charge in [-0.3, -0.25) is 9.59 Å². The van der Waals surface area contributed by atoms with Crippen molar-refractivity contribution in [3.05, 3.63) is 23.8 Å². The normalized spacial score (nSPS) is 17.2. The highest BCUT2D eigenvalue weighted by atomic mass is 16.6. The zero-order valence-electron chi connectivity index (χ0n) is 16.4. The van der Waals surface area contributed by atoms with Crippen molar-refractivity contribution >= 4 is 29.7 Å². The number of nitrogens with one attached hydrogen (secondary N) is 2. The zero-order chi connectivity index (χ0) is 20.6. The maximum absolute atomic E-state index is 12.9. The van der Waals surface area contributed by atoms with E-state index in [2.05, 4.69) is 10.6 Å². The van der Waals surface area contributed by atoms with Crippen molar-refractivity contribution in [1.82, 2.24) is 5.32 Å². The van der Waals surface area contributed by atoms with Gasteiger partial charge in [0.1, 0.15) is 0 Å². The van der Waals surface area contributed by atoms with E-state index in [0.717, 1.165) is 0 Å². The smallest absolute Gasteiger partial charge is 0.405 e. The number of amides is 2. The van der Waals surface area contributed by atoms with Crippen molar-refractivity contribution < 1.29 is 29.4 Å². The fraction of sp³-hybridized carbons (Fsp3) is 0.556. The number of rotatable bonds is 6. The van der Waals surface area contributed by atoms with E-state index in [1.54, 1.807) is 46.8 Å². The second-order valence-electron chi connectivity index (χ2n) is 8.19. The lowest BCUT2D eigenvalue weighted by Gasteiger charge is -2.39. The molecule has 1 aliphatic heterocycles. The lowest BCUT2D eigenvalue weighted by atomic mass is 9.66. The molecule has 8 nitrogen and oxygen atoms in total. The average Bonchev–Trinajstić information content (AvgIpc) is 2.87. The molecule has 1 aliphatic rings. The highest BCUT2D eigenvalue weighted by Crippen LogP contribution is 2.39. The molecule has 0 saturated heterocycles. The molecule has 150 valence electrons. The van der Waals surface area contributed by atoms with E-state index < -0.39 is 29.6 Å². The lowest BCUT2D eigenvalue weighted by molar-refractivity contribution is -0.144. The van der Waals surface area contributed by atoms with Gasteiger partial charge in [0.25, 0.3) is 0 Å². The summed E-state index contributed by atoms with van der Waals surface area (Å²) < 4.78 is 4.96. The number of aliphatic hydroxyl groups excluding tert-OH is 1. The largest absolute Gasteiger partial charge is 0.556 e. The van der Waals surface area contributed by atoms with E-state index in [-0.39, 0.29) is 24.5 Å². The second kappa shape index (κ2) is 7.24. The van der Waals surface area contributed by atoms with Gasteiger partial charge in [-0.15, -0.1) is 5.46 Å². The number of carbonyl (C=O) groups excluding carboxylic acids is 2. The van der Waals surface area contributed by atoms with Crippen LogP contribution in [0.3, 0.4) is 0 Å². The van der Waals surface area contributed by atoms with E-state index in [0.29, 0.717) is 11.3 Å². The van der Waals surface area contributed by atoms with Crippen LogP contribution in [0.5, 0.6) is 0 Å². The first-order chi connectivity index (χ1) is 12.3. The monoisotopic (exact) mass is 379 g/mol. The lowest BCUT2D eigenvalue weighted by Crippen LogP contribution is -2.52. The van der Waals surface area contributed by atoms with Crippen LogP contribution in [0.4, 0.5) is 5.69 Å². The predicted octanol–water partition coefficient (Wildman–Crippen LogP) is -0.165. The van der Waals surface area contributed by atoms with Crippen LogP contribution in [0.15, 0.2) is 18.2 Å².